The van der Waals surface area contributed by atoms with Crippen molar-refractivity contribution in [3.8, 4) is 11.5 Å². The van der Waals surface area contributed by atoms with Crippen LogP contribution in [0.2, 0.25) is 0 Å². The molecule has 0 unspecified atom stereocenters. The van der Waals surface area contributed by atoms with Gasteiger partial charge in [0.15, 0.2) is 17.3 Å². The highest BCUT2D eigenvalue weighted by Crippen LogP contribution is 2.44. The maximum atomic E-state index is 12.6. The van der Waals surface area contributed by atoms with Gasteiger partial charge < -0.3 is 19.9 Å². The molecule has 2 N–H and O–H groups in total. The van der Waals surface area contributed by atoms with Crippen molar-refractivity contribution < 1.29 is 24.2 Å². The largest absolute Gasteiger partial charge is 0.504 e. The minimum atomic E-state index is -0.562. The zero-order valence-electron chi connectivity index (χ0n) is 14.5. The van der Waals surface area contributed by atoms with E-state index in [1.165, 1.54) is 20.3 Å². The Hall–Kier alpha value is -2.76. The summed E-state index contributed by atoms with van der Waals surface area (Å²) >= 11 is 0. The highest BCUT2D eigenvalue weighted by molar-refractivity contribution is 6.03. The Kier molecular flexibility index (Phi) is 4.53. The van der Waals surface area contributed by atoms with Crippen molar-refractivity contribution in [2.24, 2.45) is 0 Å². The Morgan fingerprint density at radius 3 is 2.68 bits per heavy atom. The summed E-state index contributed by atoms with van der Waals surface area (Å²) < 4.78 is 10.0. The van der Waals surface area contributed by atoms with Crippen LogP contribution in [-0.4, -0.2) is 31.1 Å². The van der Waals surface area contributed by atoms with Crippen LogP contribution in [0.25, 0.3) is 0 Å². The molecule has 132 valence electrons. The van der Waals surface area contributed by atoms with Crippen LogP contribution in [0.15, 0.2) is 40.7 Å². The summed E-state index contributed by atoms with van der Waals surface area (Å²) in [7, 11) is 2.78. The fraction of sp³-hybridized carbons (Fsp3) is 0.368. The lowest BCUT2D eigenvalue weighted by Crippen LogP contribution is -2.34. The minimum Gasteiger partial charge on any atom is -0.504 e. The van der Waals surface area contributed by atoms with Gasteiger partial charge in [0.25, 0.3) is 0 Å². The number of hydrogen-bond acceptors (Lipinski definition) is 6. The maximum absolute atomic E-state index is 12.6. The normalized spacial score (nSPS) is 20.1. The number of Topliss-reactive ketones (excluding diaryl/α,β-unsaturated/α-hetero) is 1. The Morgan fingerprint density at radius 1 is 1.28 bits per heavy atom. The van der Waals surface area contributed by atoms with Gasteiger partial charge in [0.1, 0.15) is 0 Å². The number of benzene rings is 1. The first-order chi connectivity index (χ1) is 12.0. The molecule has 25 heavy (non-hydrogen) atoms. The van der Waals surface area contributed by atoms with Gasteiger partial charge in [-0.05, 0) is 37.5 Å². The zero-order valence-corrected chi connectivity index (χ0v) is 14.5. The van der Waals surface area contributed by atoms with E-state index in [-0.39, 0.29) is 11.5 Å². The number of carbonyl (C=O) groups excluding carboxylic acids is 2. The lowest BCUT2D eigenvalue weighted by molar-refractivity contribution is -0.136. The van der Waals surface area contributed by atoms with E-state index in [0.29, 0.717) is 34.6 Å². The van der Waals surface area contributed by atoms with Gasteiger partial charge in [-0.25, -0.2) is 4.79 Å². The lowest BCUT2D eigenvalue weighted by atomic mass is 9.75. The first kappa shape index (κ1) is 17.1. The molecular weight excluding hydrogens is 322 g/mol. The third-order valence-electron chi connectivity index (χ3n) is 4.72. The van der Waals surface area contributed by atoms with Crippen molar-refractivity contribution in [1.29, 1.82) is 0 Å². The first-order valence-corrected chi connectivity index (χ1v) is 8.17. The van der Waals surface area contributed by atoms with Gasteiger partial charge in [-0.1, -0.05) is 6.07 Å². The van der Waals surface area contributed by atoms with Crippen LogP contribution in [0.1, 0.15) is 37.7 Å². The monoisotopic (exact) mass is 343 g/mol. The molecule has 0 radical (unpaired) electrons. The van der Waals surface area contributed by atoms with E-state index in [9.17, 15) is 14.7 Å². The fourth-order valence-electron chi connectivity index (χ4n) is 3.58. The number of dihydropyridines is 1. The van der Waals surface area contributed by atoms with Crippen molar-refractivity contribution in [1.82, 2.24) is 5.32 Å². The Bertz CT molecular complexity index is 806. The molecule has 1 atom stereocenters. The van der Waals surface area contributed by atoms with Crippen molar-refractivity contribution >= 4 is 11.8 Å². The van der Waals surface area contributed by atoms with E-state index >= 15 is 0 Å². The molecule has 0 saturated heterocycles. The number of ether oxygens (including phenoxy) is 2. The quantitative estimate of drug-likeness (QED) is 0.821. The molecule has 6 nitrogen and oxygen atoms in total. The highest BCUT2D eigenvalue weighted by atomic mass is 16.5. The standard InChI is InChI=1S/C19H21NO5/c1-10-16(19(23)25-3)17(11-7-8-15(24-2)14(22)9-11)18-12(20-10)5-4-6-13(18)21/h7-9,17,20,22H,4-6H2,1-3H3/t17-/m1/s1. The molecule has 1 aliphatic heterocycles. The topological polar surface area (TPSA) is 84.9 Å². The number of methoxy groups -OCH3 is 2. The molecule has 0 amide bonds. The van der Waals surface area contributed by atoms with Crippen molar-refractivity contribution in [2.75, 3.05) is 14.2 Å². The van der Waals surface area contributed by atoms with Crippen LogP contribution in [0.5, 0.6) is 11.5 Å². The molecule has 0 spiro atoms. The van der Waals surface area contributed by atoms with Gasteiger partial charge in [-0.15, -0.1) is 0 Å². The molecule has 1 aliphatic carbocycles. The summed E-state index contributed by atoms with van der Waals surface area (Å²) in [6, 6.07) is 4.93. The Morgan fingerprint density at radius 2 is 2.04 bits per heavy atom. The van der Waals surface area contributed by atoms with E-state index in [0.717, 1.165) is 18.5 Å². The van der Waals surface area contributed by atoms with Crippen molar-refractivity contribution in [2.45, 2.75) is 32.1 Å². The summed E-state index contributed by atoms with van der Waals surface area (Å²) in [5.41, 5.74) is 3.15. The molecule has 0 saturated carbocycles. The molecule has 1 aromatic carbocycles. The number of carbonyl (C=O) groups is 2. The number of hydrogen-bond donors (Lipinski definition) is 2. The van der Waals surface area contributed by atoms with E-state index in [1.54, 1.807) is 19.1 Å². The number of ketones is 1. The third kappa shape index (κ3) is 2.88. The second-order valence-electron chi connectivity index (χ2n) is 6.19. The molecule has 0 bridgehead atoms. The minimum absolute atomic E-state index is 0.0166. The first-order valence-electron chi connectivity index (χ1n) is 8.17. The average Bonchev–Trinajstić information content (AvgIpc) is 2.60. The fourth-order valence-corrected chi connectivity index (χ4v) is 3.58. The van der Waals surface area contributed by atoms with Crippen LogP contribution >= 0.6 is 0 Å². The van der Waals surface area contributed by atoms with Crippen molar-refractivity contribution in [3.63, 3.8) is 0 Å². The smallest absolute Gasteiger partial charge is 0.336 e. The van der Waals surface area contributed by atoms with Crippen LogP contribution < -0.4 is 10.1 Å². The van der Waals surface area contributed by atoms with Crippen LogP contribution in [-0.2, 0) is 14.3 Å². The summed E-state index contributed by atoms with van der Waals surface area (Å²) in [4.78, 5) is 25.0. The second-order valence-corrected chi connectivity index (χ2v) is 6.19. The van der Waals surface area contributed by atoms with Gasteiger partial charge in [0.2, 0.25) is 0 Å². The molecule has 6 heteroatoms. The average molecular weight is 343 g/mol. The molecule has 0 aromatic heterocycles. The zero-order chi connectivity index (χ0) is 18.1. The van der Waals surface area contributed by atoms with Crippen molar-refractivity contribution in [3.05, 3.63) is 46.3 Å². The highest BCUT2D eigenvalue weighted by Gasteiger charge is 2.39. The second kappa shape index (κ2) is 6.63. The summed E-state index contributed by atoms with van der Waals surface area (Å²) in [5, 5.41) is 13.4. The summed E-state index contributed by atoms with van der Waals surface area (Å²) in [6.45, 7) is 1.80. The van der Waals surface area contributed by atoms with Gasteiger partial charge in [0, 0.05) is 29.3 Å². The molecule has 1 heterocycles. The number of phenolic OH excluding ortho intramolecular Hbond substituents is 1. The van der Waals surface area contributed by atoms with Gasteiger partial charge >= 0.3 is 5.97 Å². The predicted octanol–water partition coefficient (Wildman–Crippen LogP) is 2.54. The number of nitrogens with one attached hydrogen (secondary N) is 1. The van der Waals surface area contributed by atoms with Crippen LogP contribution in [0, 0.1) is 0 Å². The SMILES string of the molecule is COC(=O)C1=C(C)NC2=C(C(=O)CCC2)[C@@H]1c1ccc(OC)c(O)c1. The predicted molar refractivity (Wildman–Crippen MR) is 91.1 cm³/mol. The molecule has 2 aliphatic rings. The van der Waals surface area contributed by atoms with E-state index in [1.807, 2.05) is 0 Å². The number of rotatable bonds is 3. The third-order valence-corrected chi connectivity index (χ3v) is 4.72. The van der Waals surface area contributed by atoms with E-state index in [4.69, 9.17) is 9.47 Å². The van der Waals surface area contributed by atoms with Gasteiger partial charge in [-0.3, -0.25) is 4.79 Å². The van der Waals surface area contributed by atoms with Gasteiger partial charge in [0.05, 0.1) is 19.8 Å². The van der Waals surface area contributed by atoms with Crippen LogP contribution in [0.4, 0.5) is 0 Å². The molecular formula is C19H21NO5. The Labute approximate surface area is 146 Å². The van der Waals surface area contributed by atoms with Gasteiger partial charge in [-0.2, -0.15) is 0 Å². The Balaban J connectivity index is 2.19. The number of esters is 1. The summed E-state index contributed by atoms with van der Waals surface area (Å²) in [5.74, 6) is -0.737. The molecule has 0 fully saturated rings. The lowest BCUT2D eigenvalue weighted by Gasteiger charge is -2.34. The number of allylic oxidation sites excluding steroid dienone is 3. The molecule has 3 rings (SSSR count). The van der Waals surface area contributed by atoms with E-state index < -0.39 is 11.9 Å². The molecule has 1 aromatic rings. The maximum Gasteiger partial charge on any atom is 0.336 e. The summed E-state index contributed by atoms with van der Waals surface area (Å²) in [6.07, 6.45) is 1.99. The van der Waals surface area contributed by atoms with E-state index in [2.05, 4.69) is 5.32 Å². The number of aromatic hydroxyl groups is 1. The van der Waals surface area contributed by atoms with Crippen LogP contribution in [0.3, 0.4) is 0 Å². The number of phenols is 1.